The van der Waals surface area contributed by atoms with Crippen LogP contribution in [-0.4, -0.2) is 5.11 Å². The predicted octanol–water partition coefficient (Wildman–Crippen LogP) is 2.77. The molecule has 0 aliphatic carbocycles. The minimum atomic E-state index is 0.554. The second kappa shape index (κ2) is 5.32. The van der Waals surface area contributed by atoms with Gasteiger partial charge in [0.2, 0.25) is 0 Å². The summed E-state index contributed by atoms with van der Waals surface area (Å²) in [6.45, 7) is 0.702. The lowest BCUT2D eigenvalue weighted by Crippen LogP contribution is -2.27. The van der Waals surface area contributed by atoms with E-state index in [0.717, 1.165) is 0 Å². The molecule has 0 aliphatic rings. The van der Waals surface area contributed by atoms with Gasteiger partial charge in [-0.05, 0) is 23.8 Å². The van der Waals surface area contributed by atoms with Gasteiger partial charge >= 0.3 is 0 Å². The molecule has 82 valence electrons. The van der Waals surface area contributed by atoms with E-state index >= 15 is 0 Å². The number of thiocarbonyl (C=S) groups is 1. The first-order chi connectivity index (χ1) is 7.84. The highest BCUT2D eigenvalue weighted by molar-refractivity contribution is 7.80. The fraction of sp³-hybridized carbons (Fsp3) is 0.0833. The van der Waals surface area contributed by atoms with Gasteiger partial charge in [-0.1, -0.05) is 30.3 Å². The van der Waals surface area contributed by atoms with Gasteiger partial charge in [0.05, 0.1) is 6.26 Å². The zero-order valence-corrected chi connectivity index (χ0v) is 9.46. The van der Waals surface area contributed by atoms with Gasteiger partial charge in [0.15, 0.2) is 11.0 Å². The number of nitrogens with one attached hydrogen (secondary N) is 2. The third-order valence-corrected chi connectivity index (χ3v) is 2.30. The van der Waals surface area contributed by atoms with E-state index in [2.05, 4.69) is 10.6 Å². The number of anilines is 1. The molecule has 0 saturated carbocycles. The van der Waals surface area contributed by atoms with Gasteiger partial charge < -0.3 is 15.1 Å². The Morgan fingerprint density at radius 3 is 2.62 bits per heavy atom. The molecule has 3 nitrogen and oxygen atoms in total. The molecule has 0 atom stereocenters. The summed E-state index contributed by atoms with van der Waals surface area (Å²) < 4.78 is 5.12. The van der Waals surface area contributed by atoms with Crippen molar-refractivity contribution in [2.24, 2.45) is 0 Å². The van der Waals surface area contributed by atoms with Crippen molar-refractivity contribution in [3.63, 3.8) is 0 Å². The molecule has 0 unspecified atom stereocenters. The lowest BCUT2D eigenvalue weighted by molar-refractivity contribution is 0.586. The van der Waals surface area contributed by atoms with Crippen LogP contribution in [0.3, 0.4) is 0 Å². The summed E-state index contributed by atoms with van der Waals surface area (Å²) in [4.78, 5) is 0. The summed E-state index contributed by atoms with van der Waals surface area (Å²) in [5.41, 5.74) is 1.19. The number of rotatable bonds is 3. The van der Waals surface area contributed by atoms with Crippen LogP contribution >= 0.6 is 12.2 Å². The Hall–Kier alpha value is -1.81. The molecule has 1 heterocycles. The first-order valence-corrected chi connectivity index (χ1v) is 5.38. The SMILES string of the molecule is S=C(NCc1ccccc1)Nc1ccco1. The average molecular weight is 232 g/mol. The van der Waals surface area contributed by atoms with E-state index in [1.54, 1.807) is 6.26 Å². The molecule has 1 aromatic heterocycles. The number of benzene rings is 1. The molecule has 0 fully saturated rings. The van der Waals surface area contributed by atoms with Crippen molar-refractivity contribution in [3.05, 3.63) is 54.3 Å². The summed E-state index contributed by atoms with van der Waals surface area (Å²) in [5.74, 6) is 0.644. The molecule has 0 radical (unpaired) electrons. The Bertz CT molecular complexity index is 439. The smallest absolute Gasteiger partial charge is 0.198 e. The van der Waals surface area contributed by atoms with Crippen molar-refractivity contribution in [2.75, 3.05) is 5.32 Å². The standard InChI is InChI=1S/C12H12N2OS/c16-12(14-11-7-4-8-15-11)13-9-10-5-2-1-3-6-10/h1-8H,9H2,(H2,13,14,16). The number of hydrogen-bond acceptors (Lipinski definition) is 2. The third kappa shape index (κ3) is 3.10. The Balaban J connectivity index is 1.80. The normalized spacial score (nSPS) is 9.75. The van der Waals surface area contributed by atoms with Gasteiger partial charge in [-0.15, -0.1) is 0 Å². The summed E-state index contributed by atoms with van der Waals surface area (Å²) in [5, 5.41) is 6.60. The highest BCUT2D eigenvalue weighted by Gasteiger charge is 1.98. The van der Waals surface area contributed by atoms with Crippen LogP contribution in [0.1, 0.15) is 5.56 Å². The van der Waals surface area contributed by atoms with Crippen LogP contribution in [0.2, 0.25) is 0 Å². The molecule has 0 amide bonds. The highest BCUT2D eigenvalue weighted by atomic mass is 32.1. The molecule has 0 bridgehead atoms. The van der Waals surface area contributed by atoms with Crippen molar-refractivity contribution >= 4 is 23.2 Å². The second-order valence-electron chi connectivity index (χ2n) is 3.27. The molecule has 1 aromatic carbocycles. The predicted molar refractivity (Wildman–Crippen MR) is 68.2 cm³/mol. The van der Waals surface area contributed by atoms with Gasteiger partial charge in [-0.3, -0.25) is 0 Å². The van der Waals surface area contributed by atoms with Crippen LogP contribution < -0.4 is 10.6 Å². The number of hydrogen-bond donors (Lipinski definition) is 2. The quantitative estimate of drug-likeness (QED) is 0.798. The van der Waals surface area contributed by atoms with Crippen molar-refractivity contribution in [1.29, 1.82) is 0 Å². The Morgan fingerprint density at radius 2 is 1.94 bits per heavy atom. The van der Waals surface area contributed by atoms with E-state index in [-0.39, 0.29) is 0 Å². The molecule has 2 rings (SSSR count). The van der Waals surface area contributed by atoms with E-state index in [1.165, 1.54) is 5.56 Å². The third-order valence-electron chi connectivity index (χ3n) is 2.05. The average Bonchev–Trinajstić information content (AvgIpc) is 2.81. The van der Waals surface area contributed by atoms with Crippen molar-refractivity contribution in [1.82, 2.24) is 5.32 Å². The molecule has 2 N–H and O–H groups in total. The maximum absolute atomic E-state index is 5.12. The topological polar surface area (TPSA) is 37.2 Å². The van der Waals surface area contributed by atoms with Gasteiger partial charge in [0, 0.05) is 12.6 Å². The Morgan fingerprint density at radius 1 is 1.12 bits per heavy atom. The first kappa shape index (κ1) is 10.7. The fourth-order valence-electron chi connectivity index (χ4n) is 1.28. The van der Waals surface area contributed by atoms with E-state index in [4.69, 9.17) is 16.6 Å². The first-order valence-electron chi connectivity index (χ1n) is 4.97. The molecule has 4 heteroatoms. The lowest BCUT2D eigenvalue weighted by atomic mass is 10.2. The van der Waals surface area contributed by atoms with Crippen LogP contribution in [0.25, 0.3) is 0 Å². The molecular weight excluding hydrogens is 220 g/mol. The lowest BCUT2D eigenvalue weighted by Gasteiger charge is -2.08. The summed E-state index contributed by atoms with van der Waals surface area (Å²) >= 11 is 5.12. The van der Waals surface area contributed by atoms with Crippen molar-refractivity contribution in [3.8, 4) is 0 Å². The summed E-state index contributed by atoms with van der Waals surface area (Å²) in [7, 11) is 0. The van der Waals surface area contributed by atoms with Gasteiger partial charge in [0.1, 0.15) is 0 Å². The van der Waals surface area contributed by atoms with Crippen LogP contribution in [-0.2, 0) is 6.54 Å². The van der Waals surface area contributed by atoms with Crippen LogP contribution in [0.15, 0.2) is 53.1 Å². The fourth-order valence-corrected chi connectivity index (χ4v) is 1.46. The summed E-state index contributed by atoms with van der Waals surface area (Å²) in [6, 6.07) is 13.7. The van der Waals surface area contributed by atoms with Crippen LogP contribution in [0.4, 0.5) is 5.88 Å². The van der Waals surface area contributed by atoms with Gasteiger partial charge in [0.25, 0.3) is 0 Å². The van der Waals surface area contributed by atoms with Crippen molar-refractivity contribution < 1.29 is 4.42 Å². The molecule has 0 spiro atoms. The Labute approximate surface area is 99.5 Å². The minimum absolute atomic E-state index is 0.554. The van der Waals surface area contributed by atoms with E-state index in [9.17, 15) is 0 Å². The van der Waals surface area contributed by atoms with Gasteiger partial charge in [-0.25, -0.2) is 0 Å². The molecular formula is C12H12N2OS. The molecule has 0 saturated heterocycles. The van der Waals surface area contributed by atoms with E-state index in [0.29, 0.717) is 17.5 Å². The maximum atomic E-state index is 5.12. The Kier molecular flexibility index (Phi) is 3.56. The molecule has 0 aliphatic heterocycles. The zero-order valence-electron chi connectivity index (χ0n) is 8.64. The van der Waals surface area contributed by atoms with E-state index < -0.39 is 0 Å². The monoisotopic (exact) mass is 232 g/mol. The zero-order chi connectivity index (χ0) is 11.2. The summed E-state index contributed by atoms with van der Waals surface area (Å²) in [6.07, 6.45) is 1.60. The second-order valence-corrected chi connectivity index (χ2v) is 3.68. The van der Waals surface area contributed by atoms with E-state index in [1.807, 2.05) is 42.5 Å². The molecule has 16 heavy (non-hydrogen) atoms. The molecule has 2 aromatic rings. The highest BCUT2D eigenvalue weighted by Crippen LogP contribution is 2.06. The minimum Gasteiger partial charge on any atom is -0.449 e. The van der Waals surface area contributed by atoms with Crippen LogP contribution in [0.5, 0.6) is 0 Å². The number of furan rings is 1. The van der Waals surface area contributed by atoms with Crippen LogP contribution in [0, 0.1) is 0 Å². The maximum Gasteiger partial charge on any atom is 0.198 e. The van der Waals surface area contributed by atoms with Gasteiger partial charge in [-0.2, -0.15) is 0 Å². The largest absolute Gasteiger partial charge is 0.449 e. The van der Waals surface area contributed by atoms with Crippen molar-refractivity contribution in [2.45, 2.75) is 6.54 Å².